The Labute approximate surface area is 153 Å². The molecule has 2 N–H and O–H groups in total. The van der Waals surface area contributed by atoms with Crippen molar-refractivity contribution in [3.63, 3.8) is 0 Å². The van der Waals surface area contributed by atoms with Gasteiger partial charge in [-0.1, -0.05) is 39.8 Å². The van der Waals surface area contributed by atoms with Crippen molar-refractivity contribution in [1.29, 1.82) is 0 Å². The van der Waals surface area contributed by atoms with Crippen LogP contribution in [0, 0.1) is 0 Å². The van der Waals surface area contributed by atoms with Gasteiger partial charge in [0, 0.05) is 24.4 Å². The summed E-state index contributed by atoms with van der Waals surface area (Å²) in [6, 6.07) is 10.0. The van der Waals surface area contributed by atoms with E-state index >= 15 is 0 Å². The van der Waals surface area contributed by atoms with Crippen molar-refractivity contribution in [2.24, 2.45) is 0 Å². The van der Waals surface area contributed by atoms with Crippen molar-refractivity contribution >= 4 is 5.91 Å². The van der Waals surface area contributed by atoms with Gasteiger partial charge in [0.05, 0.1) is 18.6 Å². The molecule has 4 atom stereocenters. The molecule has 2 aliphatic heterocycles. The highest BCUT2D eigenvalue weighted by molar-refractivity contribution is 5.94. The van der Waals surface area contributed by atoms with E-state index in [9.17, 15) is 4.79 Å². The summed E-state index contributed by atoms with van der Waals surface area (Å²) in [4.78, 5) is 14.5. The van der Waals surface area contributed by atoms with Gasteiger partial charge in [0.25, 0.3) is 5.91 Å². The Morgan fingerprint density at radius 2 is 1.72 bits per heavy atom. The van der Waals surface area contributed by atoms with Crippen molar-refractivity contribution in [2.45, 2.75) is 89.8 Å². The van der Waals surface area contributed by atoms with Crippen LogP contribution in [0.15, 0.2) is 24.3 Å². The van der Waals surface area contributed by atoms with Crippen LogP contribution >= 0.6 is 0 Å². The number of benzene rings is 1. The fourth-order valence-corrected chi connectivity index (χ4v) is 4.84. The normalized spacial score (nSPS) is 29.3. The smallest absolute Gasteiger partial charge is 0.251 e. The number of amides is 1. The van der Waals surface area contributed by atoms with Gasteiger partial charge < -0.3 is 10.2 Å². The Hall–Kier alpha value is -1.35. The van der Waals surface area contributed by atoms with E-state index in [0.717, 1.165) is 30.5 Å². The molecule has 1 aromatic rings. The van der Waals surface area contributed by atoms with E-state index in [4.69, 9.17) is 0 Å². The van der Waals surface area contributed by atoms with E-state index in [1.54, 1.807) is 0 Å². The molecule has 1 amide bonds. The lowest BCUT2D eigenvalue weighted by Crippen LogP contribution is -3.21. The molecule has 2 aliphatic rings. The predicted molar refractivity (Wildman–Crippen MR) is 103 cm³/mol. The first-order valence-corrected chi connectivity index (χ1v) is 10.2. The van der Waals surface area contributed by atoms with E-state index in [0.29, 0.717) is 6.04 Å². The maximum absolute atomic E-state index is 12.7. The Balaban J connectivity index is 1.62. The number of hydrogen-bond donors (Lipinski definition) is 2. The summed E-state index contributed by atoms with van der Waals surface area (Å²) in [6.45, 7) is 10.2. The van der Waals surface area contributed by atoms with Crippen LogP contribution in [0.3, 0.4) is 0 Å². The van der Waals surface area contributed by atoms with E-state index in [-0.39, 0.29) is 11.3 Å². The average Bonchev–Trinajstić information content (AvgIpc) is 2.55. The number of rotatable bonds is 4. The van der Waals surface area contributed by atoms with Gasteiger partial charge in [0.2, 0.25) is 0 Å². The highest BCUT2D eigenvalue weighted by Crippen LogP contribution is 2.24. The molecule has 0 aromatic heterocycles. The van der Waals surface area contributed by atoms with Crippen LogP contribution in [0.4, 0.5) is 0 Å². The third-order valence-electron chi connectivity index (χ3n) is 6.18. The van der Waals surface area contributed by atoms with Crippen LogP contribution in [0.5, 0.6) is 0 Å². The minimum Gasteiger partial charge on any atom is -0.349 e. The SMILES string of the molecule is CCC[NH+]1[C@@H]2CCC[C@H]1CC(NC(=O)c1ccc(C(C)(C)C)cc1)C2. The van der Waals surface area contributed by atoms with Gasteiger partial charge in [-0.25, -0.2) is 0 Å². The fraction of sp³-hybridized carbons (Fsp3) is 0.682. The minimum atomic E-state index is 0.0995. The van der Waals surface area contributed by atoms with Gasteiger partial charge in [-0.3, -0.25) is 4.79 Å². The predicted octanol–water partition coefficient (Wildman–Crippen LogP) is 3.09. The quantitative estimate of drug-likeness (QED) is 0.865. The molecule has 0 spiro atoms. The molecular weight excluding hydrogens is 308 g/mol. The molecule has 0 saturated carbocycles. The molecule has 2 saturated heterocycles. The second kappa shape index (κ2) is 7.49. The number of fused-ring (bicyclic) bond motifs is 2. The summed E-state index contributed by atoms with van der Waals surface area (Å²) in [5, 5.41) is 3.33. The third kappa shape index (κ3) is 4.25. The number of nitrogens with one attached hydrogen (secondary N) is 2. The summed E-state index contributed by atoms with van der Waals surface area (Å²) in [5.41, 5.74) is 2.19. The first-order valence-electron chi connectivity index (χ1n) is 10.2. The van der Waals surface area contributed by atoms with E-state index in [1.165, 1.54) is 37.8 Å². The van der Waals surface area contributed by atoms with Crippen molar-refractivity contribution in [3.8, 4) is 0 Å². The van der Waals surface area contributed by atoms with E-state index < -0.39 is 0 Å². The lowest BCUT2D eigenvalue weighted by Gasteiger charge is -2.46. The van der Waals surface area contributed by atoms with Crippen LogP contribution in [-0.2, 0) is 5.41 Å². The molecule has 2 fully saturated rings. The fourth-order valence-electron chi connectivity index (χ4n) is 4.84. The Kier molecular flexibility index (Phi) is 5.52. The summed E-state index contributed by atoms with van der Waals surface area (Å²) >= 11 is 0. The van der Waals surface area contributed by atoms with Gasteiger partial charge >= 0.3 is 0 Å². The largest absolute Gasteiger partial charge is 0.349 e. The number of carbonyl (C=O) groups is 1. The Morgan fingerprint density at radius 1 is 1.12 bits per heavy atom. The lowest BCUT2D eigenvalue weighted by atomic mass is 9.81. The summed E-state index contributed by atoms with van der Waals surface area (Å²) in [6.07, 6.45) is 7.60. The number of carbonyl (C=O) groups excluding carboxylic acids is 1. The molecule has 3 heteroatoms. The lowest BCUT2D eigenvalue weighted by molar-refractivity contribution is -0.961. The van der Waals surface area contributed by atoms with E-state index in [1.807, 2.05) is 17.0 Å². The number of hydrogen-bond acceptors (Lipinski definition) is 1. The molecule has 0 aliphatic carbocycles. The third-order valence-corrected chi connectivity index (χ3v) is 6.18. The highest BCUT2D eigenvalue weighted by atomic mass is 16.1. The number of quaternary nitrogens is 1. The molecule has 0 radical (unpaired) electrons. The topological polar surface area (TPSA) is 33.5 Å². The summed E-state index contributed by atoms with van der Waals surface area (Å²) in [5.74, 6) is 0.0995. The standard InChI is InChI=1S/C22H34N2O/c1-5-13-24-19-7-6-8-20(24)15-18(14-19)23-21(25)16-9-11-17(12-10-16)22(2,3)4/h9-12,18-20H,5-8,13-15H2,1-4H3,(H,23,25)/p+1/t18?,19-,20+. The molecule has 2 unspecified atom stereocenters. The zero-order valence-electron chi connectivity index (χ0n) is 16.4. The molecule has 2 heterocycles. The van der Waals surface area contributed by atoms with Gasteiger partial charge in [-0.05, 0) is 48.8 Å². The van der Waals surface area contributed by atoms with Crippen LogP contribution in [0.2, 0.25) is 0 Å². The molecule has 138 valence electrons. The summed E-state index contributed by atoms with van der Waals surface area (Å²) in [7, 11) is 0. The highest BCUT2D eigenvalue weighted by Gasteiger charge is 2.41. The van der Waals surface area contributed by atoms with E-state index in [2.05, 4.69) is 45.1 Å². The second-order valence-corrected chi connectivity index (χ2v) is 9.12. The minimum absolute atomic E-state index is 0.0995. The maximum atomic E-state index is 12.7. The molecular formula is C22H35N2O+. The van der Waals surface area contributed by atoms with Crippen molar-refractivity contribution in [1.82, 2.24) is 5.32 Å². The van der Waals surface area contributed by atoms with Crippen molar-refractivity contribution in [2.75, 3.05) is 6.54 Å². The zero-order chi connectivity index (χ0) is 18.0. The zero-order valence-corrected chi connectivity index (χ0v) is 16.4. The molecule has 3 nitrogen and oxygen atoms in total. The Morgan fingerprint density at radius 3 is 2.24 bits per heavy atom. The number of piperidine rings is 2. The Bertz CT molecular complexity index is 573. The van der Waals surface area contributed by atoms with Crippen molar-refractivity contribution in [3.05, 3.63) is 35.4 Å². The summed E-state index contributed by atoms with van der Waals surface area (Å²) < 4.78 is 0. The van der Waals surface area contributed by atoms with Gasteiger partial charge in [0.15, 0.2) is 0 Å². The monoisotopic (exact) mass is 343 g/mol. The first kappa shape index (κ1) is 18.4. The first-order chi connectivity index (χ1) is 11.9. The van der Waals surface area contributed by atoms with Crippen LogP contribution in [-0.4, -0.2) is 30.6 Å². The van der Waals surface area contributed by atoms with Crippen LogP contribution in [0.1, 0.15) is 82.1 Å². The van der Waals surface area contributed by atoms with Crippen molar-refractivity contribution < 1.29 is 9.69 Å². The molecule has 3 rings (SSSR count). The van der Waals surface area contributed by atoms with Gasteiger partial charge in [-0.2, -0.15) is 0 Å². The molecule has 25 heavy (non-hydrogen) atoms. The molecule has 1 aromatic carbocycles. The average molecular weight is 344 g/mol. The van der Waals surface area contributed by atoms with Gasteiger partial charge in [-0.15, -0.1) is 0 Å². The van der Waals surface area contributed by atoms with Crippen LogP contribution < -0.4 is 10.2 Å². The van der Waals surface area contributed by atoms with Gasteiger partial charge in [0.1, 0.15) is 0 Å². The molecule has 2 bridgehead atoms. The maximum Gasteiger partial charge on any atom is 0.251 e. The second-order valence-electron chi connectivity index (χ2n) is 9.12. The van der Waals surface area contributed by atoms with Crippen LogP contribution in [0.25, 0.3) is 0 Å².